The molecule has 0 N–H and O–H groups in total. The van der Waals surface area contributed by atoms with Crippen molar-refractivity contribution in [2.45, 2.75) is 11.8 Å². The molecule has 0 aliphatic carbocycles. The normalized spacial score (nSPS) is 13.0. The Kier molecular flexibility index (Phi) is 3.22. The third-order valence-corrected chi connectivity index (χ3v) is 2.29. The van der Waals surface area contributed by atoms with E-state index in [0.29, 0.717) is 6.42 Å². The van der Waals surface area contributed by atoms with Crippen LogP contribution in [-0.4, -0.2) is 0 Å². The molecular weight excluding hydrogens is 179 g/mol. The van der Waals surface area contributed by atoms with Gasteiger partial charge in [0, 0.05) is 5.02 Å². The number of benzene rings is 1. The second-order valence-electron chi connectivity index (χ2n) is 2.28. The summed E-state index contributed by atoms with van der Waals surface area (Å²) in [6.45, 7) is 3.71. The molecule has 0 saturated heterocycles. The molecule has 0 bridgehead atoms. The van der Waals surface area contributed by atoms with Gasteiger partial charge in [0.15, 0.2) is 0 Å². The average Bonchev–Trinajstić information content (AvgIpc) is 2.04. The van der Waals surface area contributed by atoms with Crippen molar-refractivity contribution in [1.29, 1.82) is 0 Å². The Morgan fingerprint density at radius 2 is 2.00 bits per heavy atom. The topological polar surface area (TPSA) is 0 Å². The summed E-state index contributed by atoms with van der Waals surface area (Å²) in [6.07, 6.45) is 0.658. The fraction of sp³-hybridized carbons (Fsp3) is 0.222. The molecular formula is C9H9Cl2. The van der Waals surface area contributed by atoms with Gasteiger partial charge in [0.25, 0.3) is 0 Å². The van der Waals surface area contributed by atoms with Crippen molar-refractivity contribution in [2.75, 3.05) is 0 Å². The van der Waals surface area contributed by atoms with Crippen molar-refractivity contribution >= 4 is 23.2 Å². The Hall–Kier alpha value is -0.200. The second kappa shape index (κ2) is 3.99. The van der Waals surface area contributed by atoms with E-state index >= 15 is 0 Å². The summed E-state index contributed by atoms with van der Waals surface area (Å²) in [6, 6.07) is 7.57. The van der Waals surface area contributed by atoms with Gasteiger partial charge < -0.3 is 0 Å². The van der Waals surface area contributed by atoms with E-state index in [4.69, 9.17) is 23.2 Å². The van der Waals surface area contributed by atoms with Crippen molar-refractivity contribution < 1.29 is 0 Å². The van der Waals surface area contributed by atoms with Crippen molar-refractivity contribution in [2.24, 2.45) is 0 Å². The van der Waals surface area contributed by atoms with Gasteiger partial charge in [0.1, 0.15) is 0 Å². The Morgan fingerprint density at radius 3 is 2.55 bits per heavy atom. The molecule has 0 fully saturated rings. The first-order valence-corrected chi connectivity index (χ1v) is 4.25. The fourth-order valence-electron chi connectivity index (χ4n) is 0.885. The molecule has 0 aromatic heterocycles. The van der Waals surface area contributed by atoms with Gasteiger partial charge in [-0.25, -0.2) is 0 Å². The summed E-state index contributed by atoms with van der Waals surface area (Å²) in [7, 11) is 0. The van der Waals surface area contributed by atoms with Crippen LogP contribution < -0.4 is 0 Å². The smallest absolute Gasteiger partial charge is 0.0599 e. The quantitative estimate of drug-likeness (QED) is 0.618. The number of rotatable bonds is 2. The van der Waals surface area contributed by atoms with E-state index in [1.165, 1.54) is 0 Å². The molecule has 1 aromatic carbocycles. The highest BCUT2D eigenvalue weighted by atomic mass is 35.5. The van der Waals surface area contributed by atoms with Gasteiger partial charge in [-0.2, -0.15) is 0 Å². The molecule has 0 saturated carbocycles. The van der Waals surface area contributed by atoms with Crippen LogP contribution in [0.5, 0.6) is 0 Å². The van der Waals surface area contributed by atoms with Gasteiger partial charge in [-0.1, -0.05) is 36.7 Å². The van der Waals surface area contributed by atoms with Crippen LogP contribution >= 0.6 is 23.2 Å². The average molecular weight is 188 g/mol. The van der Waals surface area contributed by atoms with E-state index < -0.39 is 0 Å². The zero-order valence-corrected chi connectivity index (χ0v) is 7.57. The maximum atomic E-state index is 5.95. The van der Waals surface area contributed by atoms with Crippen molar-refractivity contribution in [3.63, 3.8) is 0 Å². The predicted octanol–water partition coefficient (Wildman–Crippen LogP) is 3.84. The SMILES string of the molecule is [CH2]CC(Cl)c1ccccc1Cl. The monoisotopic (exact) mass is 187 g/mol. The highest BCUT2D eigenvalue weighted by Crippen LogP contribution is 2.29. The highest BCUT2D eigenvalue weighted by Gasteiger charge is 2.07. The van der Waals surface area contributed by atoms with E-state index in [2.05, 4.69) is 6.92 Å². The summed E-state index contributed by atoms with van der Waals surface area (Å²) in [5.41, 5.74) is 0.964. The number of hydrogen-bond acceptors (Lipinski definition) is 0. The minimum atomic E-state index is -0.0660. The third kappa shape index (κ3) is 2.11. The van der Waals surface area contributed by atoms with Gasteiger partial charge in [-0.15, -0.1) is 11.6 Å². The Bertz CT molecular complexity index is 233. The van der Waals surface area contributed by atoms with Crippen molar-refractivity contribution in [3.05, 3.63) is 41.8 Å². The first-order valence-electron chi connectivity index (χ1n) is 3.43. The van der Waals surface area contributed by atoms with E-state index in [1.54, 1.807) is 0 Å². The molecule has 1 unspecified atom stereocenters. The lowest BCUT2D eigenvalue weighted by molar-refractivity contribution is 0.954. The lowest BCUT2D eigenvalue weighted by Crippen LogP contribution is -1.88. The van der Waals surface area contributed by atoms with Crippen LogP contribution in [0.3, 0.4) is 0 Å². The Balaban J connectivity index is 2.93. The van der Waals surface area contributed by atoms with Gasteiger partial charge >= 0.3 is 0 Å². The first-order chi connectivity index (χ1) is 5.25. The third-order valence-electron chi connectivity index (χ3n) is 1.50. The molecule has 0 aliphatic heterocycles. The van der Waals surface area contributed by atoms with Crippen LogP contribution in [0.25, 0.3) is 0 Å². The van der Waals surface area contributed by atoms with Gasteiger partial charge in [0.2, 0.25) is 0 Å². The molecule has 0 heterocycles. The largest absolute Gasteiger partial charge is 0.118 e. The summed E-state index contributed by atoms with van der Waals surface area (Å²) < 4.78 is 0. The molecule has 1 radical (unpaired) electrons. The predicted molar refractivity (Wildman–Crippen MR) is 50.0 cm³/mol. The second-order valence-corrected chi connectivity index (χ2v) is 3.21. The minimum Gasteiger partial charge on any atom is -0.118 e. The molecule has 11 heavy (non-hydrogen) atoms. The summed E-state index contributed by atoms with van der Waals surface area (Å²) in [5.74, 6) is 0. The molecule has 1 rings (SSSR count). The molecule has 1 atom stereocenters. The molecule has 0 amide bonds. The minimum absolute atomic E-state index is 0.0660. The van der Waals surface area contributed by atoms with Crippen molar-refractivity contribution in [3.8, 4) is 0 Å². The van der Waals surface area contributed by atoms with Crippen LogP contribution in [0, 0.1) is 6.92 Å². The van der Waals surface area contributed by atoms with Crippen LogP contribution in [0.2, 0.25) is 5.02 Å². The number of hydrogen-bond donors (Lipinski definition) is 0. The zero-order valence-electron chi connectivity index (χ0n) is 6.06. The number of halogens is 2. The molecule has 59 valence electrons. The number of alkyl halides is 1. The molecule has 0 nitrogen and oxygen atoms in total. The van der Waals surface area contributed by atoms with Crippen LogP contribution in [-0.2, 0) is 0 Å². The molecule has 0 aliphatic rings. The maximum Gasteiger partial charge on any atom is 0.0599 e. The van der Waals surface area contributed by atoms with Gasteiger partial charge in [-0.05, 0) is 18.1 Å². The summed E-state index contributed by atoms with van der Waals surface area (Å²) >= 11 is 11.8. The Morgan fingerprint density at radius 1 is 1.36 bits per heavy atom. The lowest BCUT2D eigenvalue weighted by atomic mass is 10.1. The fourth-order valence-corrected chi connectivity index (χ4v) is 1.40. The van der Waals surface area contributed by atoms with Crippen molar-refractivity contribution in [1.82, 2.24) is 0 Å². The molecule has 0 spiro atoms. The lowest BCUT2D eigenvalue weighted by Gasteiger charge is -2.07. The van der Waals surface area contributed by atoms with Gasteiger partial charge in [0.05, 0.1) is 5.38 Å². The Labute approximate surface area is 77.1 Å². The molecule has 2 heteroatoms. The van der Waals surface area contributed by atoms with Crippen LogP contribution in [0.4, 0.5) is 0 Å². The molecule has 1 aromatic rings. The summed E-state index contributed by atoms with van der Waals surface area (Å²) in [4.78, 5) is 0. The summed E-state index contributed by atoms with van der Waals surface area (Å²) in [5, 5.41) is 0.653. The van der Waals surface area contributed by atoms with Crippen LogP contribution in [0.15, 0.2) is 24.3 Å². The highest BCUT2D eigenvalue weighted by molar-refractivity contribution is 6.32. The standard InChI is InChI=1S/C9H9Cl2/c1-2-8(10)7-5-3-4-6-9(7)11/h3-6,8H,1-2H2. The van der Waals surface area contributed by atoms with E-state index in [9.17, 15) is 0 Å². The van der Waals surface area contributed by atoms with E-state index in [1.807, 2.05) is 24.3 Å². The van der Waals surface area contributed by atoms with E-state index in [-0.39, 0.29) is 5.38 Å². The zero-order chi connectivity index (χ0) is 8.27. The first kappa shape index (κ1) is 8.89. The van der Waals surface area contributed by atoms with Crippen LogP contribution in [0.1, 0.15) is 17.4 Å². The maximum absolute atomic E-state index is 5.95. The van der Waals surface area contributed by atoms with Gasteiger partial charge in [-0.3, -0.25) is 0 Å². The van der Waals surface area contributed by atoms with E-state index in [0.717, 1.165) is 10.6 Å².